The van der Waals surface area contributed by atoms with Crippen LogP contribution >= 0.6 is 11.3 Å². The molecule has 0 atom stereocenters. The van der Waals surface area contributed by atoms with Crippen molar-refractivity contribution in [3.05, 3.63) is 22.4 Å². The zero-order valence-electron chi connectivity index (χ0n) is 8.41. The third-order valence-corrected chi connectivity index (χ3v) is 2.70. The molecule has 76 valence electrons. The second-order valence-corrected chi connectivity index (χ2v) is 3.73. The van der Waals surface area contributed by atoms with Gasteiger partial charge in [0.1, 0.15) is 0 Å². The van der Waals surface area contributed by atoms with E-state index in [1.807, 2.05) is 31.4 Å². The maximum atomic E-state index is 11.0. The average molecular weight is 210 g/mol. The van der Waals surface area contributed by atoms with E-state index in [-0.39, 0.29) is 5.91 Å². The molecule has 1 aromatic rings. The van der Waals surface area contributed by atoms with Crippen molar-refractivity contribution in [1.82, 2.24) is 5.43 Å². The Balaban J connectivity index is 2.67. The second kappa shape index (κ2) is 5.54. The van der Waals surface area contributed by atoms with Gasteiger partial charge in [-0.05, 0) is 17.9 Å². The van der Waals surface area contributed by atoms with E-state index >= 15 is 0 Å². The number of thiophene rings is 1. The number of nitrogens with zero attached hydrogens (tertiary/aromatic N) is 1. The Morgan fingerprint density at radius 1 is 1.50 bits per heavy atom. The lowest BCUT2D eigenvalue weighted by Gasteiger charge is -2.00. The highest BCUT2D eigenvalue weighted by atomic mass is 32.1. The summed E-state index contributed by atoms with van der Waals surface area (Å²) in [5.41, 5.74) is 3.46. The van der Waals surface area contributed by atoms with E-state index in [4.69, 9.17) is 0 Å². The molecule has 0 unspecified atom stereocenters. The molecule has 0 aliphatic rings. The first kappa shape index (κ1) is 10.9. The minimum absolute atomic E-state index is 0.0486. The summed E-state index contributed by atoms with van der Waals surface area (Å²) in [6.45, 7) is 3.83. The first-order valence-corrected chi connectivity index (χ1v) is 5.55. The number of rotatable bonds is 4. The number of carbonyl (C=O) groups is 1. The topological polar surface area (TPSA) is 41.5 Å². The molecule has 0 saturated heterocycles. The summed E-state index contributed by atoms with van der Waals surface area (Å²) in [7, 11) is 0. The largest absolute Gasteiger partial charge is 0.273 e. The van der Waals surface area contributed by atoms with Crippen molar-refractivity contribution < 1.29 is 4.79 Å². The molecule has 0 bridgehead atoms. The Labute approximate surface area is 87.8 Å². The average Bonchev–Trinajstić information content (AvgIpc) is 2.72. The highest BCUT2D eigenvalue weighted by Gasteiger charge is 2.02. The molecule has 0 saturated carbocycles. The van der Waals surface area contributed by atoms with Crippen LogP contribution in [0.15, 0.2) is 22.6 Å². The van der Waals surface area contributed by atoms with E-state index in [0.717, 1.165) is 17.0 Å². The lowest BCUT2D eigenvalue weighted by atomic mass is 10.2. The number of hydrazone groups is 1. The summed E-state index contributed by atoms with van der Waals surface area (Å²) in [5, 5.41) is 6.09. The zero-order valence-corrected chi connectivity index (χ0v) is 9.23. The highest BCUT2D eigenvalue weighted by molar-refractivity contribution is 7.12. The fourth-order valence-electron chi connectivity index (χ4n) is 0.960. The summed E-state index contributed by atoms with van der Waals surface area (Å²) in [5.74, 6) is -0.0486. The van der Waals surface area contributed by atoms with Crippen LogP contribution in [0.4, 0.5) is 0 Å². The molecule has 4 heteroatoms. The standard InChI is InChI=1S/C10H14N2OS/c1-3-8(9-6-5-7-14-9)11-12-10(13)4-2/h5-7H,3-4H2,1-2H3,(H,12,13). The summed E-state index contributed by atoms with van der Waals surface area (Å²) in [4.78, 5) is 12.1. The predicted octanol–water partition coefficient (Wildman–Crippen LogP) is 2.39. The van der Waals surface area contributed by atoms with Gasteiger partial charge in [-0.25, -0.2) is 5.43 Å². The first-order chi connectivity index (χ1) is 6.77. The minimum atomic E-state index is -0.0486. The molecule has 1 rings (SSSR count). The maximum Gasteiger partial charge on any atom is 0.239 e. The van der Waals surface area contributed by atoms with Crippen molar-refractivity contribution in [1.29, 1.82) is 0 Å². The normalized spacial score (nSPS) is 11.4. The quantitative estimate of drug-likeness (QED) is 0.601. The van der Waals surface area contributed by atoms with Gasteiger partial charge in [0.2, 0.25) is 5.91 Å². The smallest absolute Gasteiger partial charge is 0.239 e. The van der Waals surface area contributed by atoms with Gasteiger partial charge in [-0.3, -0.25) is 4.79 Å². The third-order valence-electron chi connectivity index (χ3n) is 1.78. The van der Waals surface area contributed by atoms with Crippen molar-refractivity contribution in [2.45, 2.75) is 26.7 Å². The highest BCUT2D eigenvalue weighted by Crippen LogP contribution is 2.11. The van der Waals surface area contributed by atoms with E-state index in [1.54, 1.807) is 11.3 Å². The molecule has 1 amide bonds. The molecule has 1 N–H and O–H groups in total. The van der Waals surface area contributed by atoms with Crippen LogP contribution in [0.1, 0.15) is 31.6 Å². The lowest BCUT2D eigenvalue weighted by molar-refractivity contribution is -0.120. The number of nitrogens with one attached hydrogen (secondary N) is 1. The molecule has 0 fully saturated rings. The van der Waals surface area contributed by atoms with Crippen LogP contribution in [0.3, 0.4) is 0 Å². The number of carbonyl (C=O) groups excluding carboxylic acids is 1. The third kappa shape index (κ3) is 2.96. The Kier molecular flexibility index (Phi) is 4.32. The fraction of sp³-hybridized carbons (Fsp3) is 0.400. The molecule has 0 spiro atoms. The molecule has 0 aliphatic carbocycles. The molecule has 1 aromatic heterocycles. The van der Waals surface area contributed by atoms with E-state index < -0.39 is 0 Å². The monoisotopic (exact) mass is 210 g/mol. The maximum absolute atomic E-state index is 11.0. The van der Waals surface area contributed by atoms with Gasteiger partial charge in [-0.15, -0.1) is 11.3 Å². The van der Waals surface area contributed by atoms with Crippen molar-refractivity contribution in [2.75, 3.05) is 0 Å². The van der Waals surface area contributed by atoms with Crippen LogP contribution < -0.4 is 5.43 Å². The Hall–Kier alpha value is -1.16. The van der Waals surface area contributed by atoms with Crippen LogP contribution in [0.5, 0.6) is 0 Å². The summed E-state index contributed by atoms with van der Waals surface area (Å²) in [6, 6.07) is 3.98. The SMILES string of the molecule is CCC(=O)NN=C(CC)c1cccs1. The van der Waals surface area contributed by atoms with E-state index in [9.17, 15) is 4.79 Å². The van der Waals surface area contributed by atoms with Crippen molar-refractivity contribution in [3.63, 3.8) is 0 Å². The van der Waals surface area contributed by atoms with Gasteiger partial charge in [-0.1, -0.05) is 19.9 Å². The van der Waals surface area contributed by atoms with Gasteiger partial charge >= 0.3 is 0 Å². The van der Waals surface area contributed by atoms with Gasteiger partial charge in [0.25, 0.3) is 0 Å². The molecule has 14 heavy (non-hydrogen) atoms. The van der Waals surface area contributed by atoms with Gasteiger partial charge in [0.15, 0.2) is 0 Å². The zero-order chi connectivity index (χ0) is 10.4. The fourth-order valence-corrected chi connectivity index (χ4v) is 1.75. The Morgan fingerprint density at radius 3 is 2.79 bits per heavy atom. The van der Waals surface area contributed by atoms with Crippen molar-refractivity contribution in [2.24, 2.45) is 5.10 Å². The lowest BCUT2D eigenvalue weighted by Crippen LogP contribution is -2.18. The van der Waals surface area contributed by atoms with Crippen LogP contribution in [-0.2, 0) is 4.79 Å². The van der Waals surface area contributed by atoms with Crippen LogP contribution in [0.25, 0.3) is 0 Å². The van der Waals surface area contributed by atoms with E-state index in [1.165, 1.54) is 0 Å². The van der Waals surface area contributed by atoms with E-state index in [2.05, 4.69) is 10.5 Å². The molecule has 3 nitrogen and oxygen atoms in total. The van der Waals surface area contributed by atoms with Crippen LogP contribution in [-0.4, -0.2) is 11.6 Å². The predicted molar refractivity (Wildman–Crippen MR) is 59.6 cm³/mol. The van der Waals surface area contributed by atoms with Gasteiger partial charge in [-0.2, -0.15) is 5.10 Å². The van der Waals surface area contributed by atoms with Gasteiger partial charge in [0, 0.05) is 6.42 Å². The van der Waals surface area contributed by atoms with Crippen molar-refractivity contribution >= 4 is 23.0 Å². The van der Waals surface area contributed by atoms with E-state index in [0.29, 0.717) is 6.42 Å². The van der Waals surface area contributed by atoms with Crippen LogP contribution in [0, 0.1) is 0 Å². The molecular weight excluding hydrogens is 196 g/mol. The number of hydrogen-bond donors (Lipinski definition) is 1. The van der Waals surface area contributed by atoms with Gasteiger partial charge in [0.05, 0.1) is 10.6 Å². The summed E-state index contributed by atoms with van der Waals surface area (Å²) < 4.78 is 0. The molecule has 0 aliphatic heterocycles. The molecular formula is C10H14N2OS. The summed E-state index contributed by atoms with van der Waals surface area (Å²) in [6.07, 6.45) is 1.29. The molecule has 0 radical (unpaired) electrons. The Morgan fingerprint density at radius 2 is 2.29 bits per heavy atom. The Bertz CT molecular complexity index is 317. The number of hydrogen-bond acceptors (Lipinski definition) is 3. The summed E-state index contributed by atoms with van der Waals surface area (Å²) >= 11 is 1.63. The van der Waals surface area contributed by atoms with Crippen LogP contribution in [0.2, 0.25) is 0 Å². The minimum Gasteiger partial charge on any atom is -0.273 e. The molecule has 0 aromatic carbocycles. The molecule has 1 heterocycles. The van der Waals surface area contributed by atoms with Gasteiger partial charge < -0.3 is 0 Å². The number of amides is 1. The first-order valence-electron chi connectivity index (χ1n) is 4.67. The second-order valence-electron chi connectivity index (χ2n) is 2.78. The van der Waals surface area contributed by atoms with Crippen molar-refractivity contribution in [3.8, 4) is 0 Å².